The molecule has 0 aliphatic carbocycles. The number of aromatic nitrogens is 3. The number of ether oxygens (including phenoxy) is 1. The summed E-state index contributed by atoms with van der Waals surface area (Å²) in [6.07, 6.45) is 0.971. The lowest BCUT2D eigenvalue weighted by molar-refractivity contribution is 0.120. The Hall–Kier alpha value is -1.66. The maximum atomic E-state index is 6.13. The van der Waals surface area contributed by atoms with Gasteiger partial charge >= 0.3 is 0 Å². The van der Waals surface area contributed by atoms with Crippen LogP contribution < -0.4 is 5.73 Å². The zero-order valence-electron chi connectivity index (χ0n) is 11.6. The number of rotatable bonds is 0. The number of pyridine rings is 1. The first-order chi connectivity index (χ1) is 10.1. The van der Waals surface area contributed by atoms with Crippen molar-refractivity contribution >= 4 is 43.7 Å². The third-order valence-electron chi connectivity index (χ3n) is 4.03. The molecule has 1 aliphatic rings. The fourth-order valence-electron chi connectivity index (χ4n) is 3.02. The van der Waals surface area contributed by atoms with E-state index in [9.17, 15) is 0 Å². The molecule has 21 heavy (non-hydrogen) atoms. The highest BCUT2D eigenvalue weighted by Gasteiger charge is 2.22. The molecule has 0 saturated carbocycles. The molecule has 0 amide bonds. The topological polar surface area (TPSA) is 66.0 Å². The number of hydrogen-bond acceptors (Lipinski definition) is 4. The minimum absolute atomic E-state index is 0.334. The summed E-state index contributed by atoms with van der Waals surface area (Å²) in [6, 6.07) is 6.42. The Balaban J connectivity index is 2.17. The average Bonchev–Trinajstić information content (AvgIpc) is 2.74. The van der Waals surface area contributed by atoms with Crippen molar-refractivity contribution in [3.8, 4) is 0 Å². The number of imidazole rings is 1. The number of halogens is 1. The van der Waals surface area contributed by atoms with Crippen LogP contribution in [0.2, 0.25) is 0 Å². The molecule has 0 spiro atoms. The van der Waals surface area contributed by atoms with E-state index >= 15 is 0 Å². The van der Waals surface area contributed by atoms with Gasteiger partial charge in [-0.05, 0) is 31.5 Å². The van der Waals surface area contributed by atoms with E-state index in [1.54, 1.807) is 0 Å². The predicted molar refractivity (Wildman–Crippen MR) is 86.1 cm³/mol. The molecule has 6 heteroatoms. The average molecular weight is 347 g/mol. The van der Waals surface area contributed by atoms with Crippen LogP contribution in [0.3, 0.4) is 0 Å². The molecule has 1 aromatic carbocycles. The highest BCUT2D eigenvalue weighted by Crippen LogP contribution is 2.34. The number of anilines is 1. The maximum Gasteiger partial charge on any atom is 0.152 e. The van der Waals surface area contributed by atoms with Crippen molar-refractivity contribution in [2.75, 3.05) is 12.3 Å². The summed E-state index contributed by atoms with van der Waals surface area (Å²) >= 11 is 3.49. The van der Waals surface area contributed by atoms with Crippen LogP contribution in [0.4, 0.5) is 5.82 Å². The van der Waals surface area contributed by atoms with Crippen LogP contribution >= 0.6 is 15.9 Å². The van der Waals surface area contributed by atoms with Crippen LogP contribution in [-0.2, 0) is 11.3 Å². The molecule has 0 fully saturated rings. The lowest BCUT2D eigenvalue weighted by Crippen LogP contribution is -2.07. The number of benzene rings is 1. The van der Waals surface area contributed by atoms with E-state index < -0.39 is 0 Å². The van der Waals surface area contributed by atoms with Gasteiger partial charge in [-0.15, -0.1) is 0 Å². The monoisotopic (exact) mass is 346 g/mol. The van der Waals surface area contributed by atoms with Gasteiger partial charge in [-0.25, -0.2) is 9.97 Å². The van der Waals surface area contributed by atoms with E-state index in [4.69, 9.17) is 10.5 Å². The molecule has 3 heterocycles. The van der Waals surface area contributed by atoms with Gasteiger partial charge in [0.15, 0.2) is 5.82 Å². The lowest BCUT2D eigenvalue weighted by atomic mass is 10.1. The molecular weight excluding hydrogens is 332 g/mol. The third kappa shape index (κ3) is 1.93. The molecule has 1 atom stereocenters. The summed E-state index contributed by atoms with van der Waals surface area (Å²) in [5.41, 5.74) is 8.85. The van der Waals surface area contributed by atoms with Crippen molar-refractivity contribution in [1.29, 1.82) is 0 Å². The van der Waals surface area contributed by atoms with E-state index in [1.165, 1.54) is 0 Å². The van der Waals surface area contributed by atoms with Gasteiger partial charge in [0.25, 0.3) is 0 Å². The molecule has 4 rings (SSSR count). The fraction of sp³-hybridized carbons (Fsp3) is 0.333. The highest BCUT2D eigenvalue weighted by atomic mass is 79.9. The first kappa shape index (κ1) is 13.0. The standard InChI is InChI=1S/C15H15BrN4O/c1-8-4-5-21-7-12-19-13-14(20(8)12)10-3-2-9(16)6-11(10)18-15(13)17/h2-3,6,8H,4-5,7H2,1H3,(H2,17,18). The van der Waals surface area contributed by atoms with E-state index in [0.717, 1.165) is 45.3 Å². The number of nitrogens with two attached hydrogens (primary N) is 1. The molecule has 0 radical (unpaired) electrons. The van der Waals surface area contributed by atoms with Crippen LogP contribution in [0.1, 0.15) is 25.2 Å². The Morgan fingerprint density at radius 1 is 1.38 bits per heavy atom. The van der Waals surface area contributed by atoms with Crippen molar-refractivity contribution < 1.29 is 4.74 Å². The van der Waals surface area contributed by atoms with Crippen molar-refractivity contribution in [1.82, 2.24) is 14.5 Å². The van der Waals surface area contributed by atoms with Crippen molar-refractivity contribution in [2.45, 2.75) is 26.0 Å². The Morgan fingerprint density at radius 3 is 3.10 bits per heavy atom. The fourth-order valence-corrected chi connectivity index (χ4v) is 3.37. The Labute approximate surface area is 130 Å². The molecule has 108 valence electrons. The third-order valence-corrected chi connectivity index (χ3v) is 4.53. The number of hydrogen-bond donors (Lipinski definition) is 1. The normalized spacial score (nSPS) is 18.9. The first-order valence-electron chi connectivity index (χ1n) is 6.98. The van der Waals surface area contributed by atoms with Gasteiger partial charge in [-0.2, -0.15) is 0 Å². The quantitative estimate of drug-likeness (QED) is 0.677. The van der Waals surface area contributed by atoms with Gasteiger partial charge in [0.05, 0.1) is 11.0 Å². The van der Waals surface area contributed by atoms with Crippen LogP contribution in [0.15, 0.2) is 22.7 Å². The molecule has 2 N–H and O–H groups in total. The lowest BCUT2D eigenvalue weighted by Gasteiger charge is -2.14. The van der Waals surface area contributed by atoms with Crippen LogP contribution in [0.5, 0.6) is 0 Å². The predicted octanol–water partition coefficient (Wildman–Crippen LogP) is 3.41. The largest absolute Gasteiger partial charge is 0.382 e. The molecule has 2 aromatic heterocycles. The van der Waals surface area contributed by atoms with Crippen molar-refractivity contribution in [3.05, 3.63) is 28.5 Å². The second kappa shape index (κ2) is 4.68. The van der Waals surface area contributed by atoms with Crippen molar-refractivity contribution in [2.24, 2.45) is 0 Å². The van der Waals surface area contributed by atoms with Gasteiger partial charge < -0.3 is 15.0 Å². The van der Waals surface area contributed by atoms with Crippen LogP contribution in [0.25, 0.3) is 21.9 Å². The van der Waals surface area contributed by atoms with Gasteiger partial charge in [0, 0.05) is 22.5 Å². The summed E-state index contributed by atoms with van der Waals surface area (Å²) in [5, 5.41) is 1.08. The molecule has 1 unspecified atom stereocenters. The highest BCUT2D eigenvalue weighted by molar-refractivity contribution is 9.10. The summed E-state index contributed by atoms with van der Waals surface area (Å²) in [4.78, 5) is 9.16. The van der Waals surface area contributed by atoms with Gasteiger partial charge in [-0.1, -0.05) is 15.9 Å². The van der Waals surface area contributed by atoms with Gasteiger partial charge in [0.2, 0.25) is 0 Å². The first-order valence-corrected chi connectivity index (χ1v) is 7.78. The van der Waals surface area contributed by atoms with Crippen LogP contribution in [-0.4, -0.2) is 21.1 Å². The van der Waals surface area contributed by atoms with E-state index in [0.29, 0.717) is 18.5 Å². The minimum Gasteiger partial charge on any atom is -0.382 e. The number of nitrogen functional groups attached to an aromatic ring is 1. The number of nitrogens with zero attached hydrogens (tertiary/aromatic N) is 3. The van der Waals surface area contributed by atoms with Crippen molar-refractivity contribution in [3.63, 3.8) is 0 Å². The van der Waals surface area contributed by atoms with Gasteiger partial charge in [-0.3, -0.25) is 0 Å². The number of fused-ring (bicyclic) bond motifs is 5. The second-order valence-electron chi connectivity index (χ2n) is 5.44. The van der Waals surface area contributed by atoms with Gasteiger partial charge in [0.1, 0.15) is 17.9 Å². The Bertz CT molecular complexity index is 858. The minimum atomic E-state index is 0.334. The molecule has 1 aliphatic heterocycles. The summed E-state index contributed by atoms with van der Waals surface area (Å²) < 4.78 is 8.89. The molecular formula is C15H15BrN4O. The second-order valence-corrected chi connectivity index (χ2v) is 6.36. The van der Waals surface area contributed by atoms with Crippen LogP contribution in [0, 0.1) is 0 Å². The Morgan fingerprint density at radius 2 is 2.24 bits per heavy atom. The van der Waals surface area contributed by atoms with E-state index in [1.807, 2.05) is 12.1 Å². The summed E-state index contributed by atoms with van der Waals surface area (Å²) in [7, 11) is 0. The van der Waals surface area contributed by atoms with E-state index in [-0.39, 0.29) is 0 Å². The zero-order chi connectivity index (χ0) is 14.6. The van der Waals surface area contributed by atoms with E-state index in [2.05, 4.69) is 43.5 Å². The zero-order valence-corrected chi connectivity index (χ0v) is 13.2. The molecule has 0 bridgehead atoms. The molecule has 0 saturated heterocycles. The molecule has 5 nitrogen and oxygen atoms in total. The summed E-state index contributed by atoms with van der Waals surface area (Å²) in [6.45, 7) is 3.48. The SMILES string of the molecule is CC1CCOCc2nc3c(N)nc4cc(Br)ccc4c3n21. The Kier molecular flexibility index (Phi) is 2.90. The molecule has 3 aromatic rings. The smallest absolute Gasteiger partial charge is 0.152 e. The summed E-state index contributed by atoms with van der Waals surface area (Å²) in [5.74, 6) is 1.40. The maximum absolute atomic E-state index is 6.13.